The number of thioether (sulfide) groups is 2. The molecule has 13 heteroatoms. The lowest BCUT2D eigenvalue weighted by atomic mass is 10.0. The number of primary amides is 1. The van der Waals surface area contributed by atoms with Crippen molar-refractivity contribution in [3.05, 3.63) is 35.9 Å². The number of amides is 4. The molecule has 1 aromatic carbocycles. The lowest BCUT2D eigenvalue weighted by Gasteiger charge is -2.25. The molecule has 0 saturated heterocycles. The highest BCUT2D eigenvalue weighted by Crippen LogP contribution is 2.08. The van der Waals surface area contributed by atoms with Gasteiger partial charge in [0, 0.05) is 6.42 Å². The van der Waals surface area contributed by atoms with Crippen LogP contribution in [-0.2, 0) is 30.4 Å². The van der Waals surface area contributed by atoms with Crippen LogP contribution >= 0.6 is 23.5 Å². The fourth-order valence-electron chi connectivity index (χ4n) is 3.16. The van der Waals surface area contributed by atoms with Crippen LogP contribution in [0.4, 0.5) is 0 Å². The van der Waals surface area contributed by atoms with E-state index in [4.69, 9.17) is 11.5 Å². The summed E-state index contributed by atoms with van der Waals surface area (Å²) in [7, 11) is 0. The third kappa shape index (κ3) is 11.8. The largest absolute Gasteiger partial charge is 0.480 e. The monoisotopic (exact) mass is 541 g/mol. The first-order valence-corrected chi connectivity index (χ1v) is 14.1. The number of carboxylic acids is 1. The van der Waals surface area contributed by atoms with Crippen molar-refractivity contribution in [2.75, 3.05) is 24.0 Å². The average molecular weight is 542 g/mol. The van der Waals surface area contributed by atoms with Gasteiger partial charge in [-0.1, -0.05) is 30.3 Å². The minimum atomic E-state index is -1.55. The second kappa shape index (κ2) is 16.8. The molecule has 0 aromatic heterocycles. The molecule has 0 aliphatic heterocycles. The number of rotatable bonds is 17. The van der Waals surface area contributed by atoms with E-state index < -0.39 is 60.2 Å². The minimum Gasteiger partial charge on any atom is -0.480 e. The SMILES string of the molecule is CSCCC(N)C(=O)NC(CCSC)C(=O)NC(Cc1ccccc1)C(=O)NC(CC(N)=O)C(=O)O. The van der Waals surface area contributed by atoms with E-state index in [1.807, 2.05) is 12.5 Å². The standard InChI is InChI=1S/C23H35N5O6S2/c1-35-10-8-15(24)20(30)26-16(9-11-36-2)21(31)27-17(12-14-6-4-3-5-7-14)22(32)28-18(23(33)34)13-19(25)29/h3-7,15-18H,8-13,24H2,1-2H3,(H2,25,29)(H,26,30)(H,27,31)(H,28,32)(H,33,34). The maximum absolute atomic E-state index is 13.2. The summed E-state index contributed by atoms with van der Waals surface area (Å²) < 4.78 is 0. The predicted octanol–water partition coefficient (Wildman–Crippen LogP) is -0.523. The Bertz CT molecular complexity index is 889. The number of hydrogen-bond acceptors (Lipinski definition) is 8. The van der Waals surface area contributed by atoms with E-state index in [0.29, 0.717) is 29.9 Å². The van der Waals surface area contributed by atoms with E-state index in [1.54, 1.807) is 42.1 Å². The van der Waals surface area contributed by atoms with Gasteiger partial charge in [0.1, 0.15) is 18.1 Å². The highest BCUT2D eigenvalue weighted by atomic mass is 32.2. The first-order chi connectivity index (χ1) is 17.1. The molecule has 0 aliphatic rings. The highest BCUT2D eigenvalue weighted by molar-refractivity contribution is 7.98. The molecule has 0 fully saturated rings. The summed E-state index contributed by atoms with van der Waals surface area (Å²) >= 11 is 3.04. The van der Waals surface area contributed by atoms with E-state index in [2.05, 4.69) is 16.0 Å². The molecule has 36 heavy (non-hydrogen) atoms. The quantitative estimate of drug-likeness (QED) is 0.150. The second-order valence-electron chi connectivity index (χ2n) is 8.05. The Labute approximate surface area is 219 Å². The van der Waals surface area contributed by atoms with E-state index in [9.17, 15) is 29.1 Å². The van der Waals surface area contributed by atoms with Crippen LogP contribution in [-0.4, -0.2) is 82.9 Å². The number of carbonyl (C=O) groups is 5. The summed E-state index contributed by atoms with van der Waals surface area (Å²) in [4.78, 5) is 61.4. The number of carbonyl (C=O) groups excluding carboxylic acids is 4. The zero-order valence-electron chi connectivity index (χ0n) is 20.4. The van der Waals surface area contributed by atoms with Gasteiger partial charge in [-0.15, -0.1) is 0 Å². The highest BCUT2D eigenvalue weighted by Gasteiger charge is 2.31. The van der Waals surface area contributed by atoms with Gasteiger partial charge in [-0.25, -0.2) is 4.79 Å². The van der Waals surface area contributed by atoms with E-state index in [-0.39, 0.29) is 6.42 Å². The van der Waals surface area contributed by atoms with Crippen LogP contribution in [0.15, 0.2) is 30.3 Å². The van der Waals surface area contributed by atoms with Gasteiger partial charge in [-0.2, -0.15) is 23.5 Å². The zero-order valence-corrected chi connectivity index (χ0v) is 22.0. The molecular formula is C23H35N5O6S2. The van der Waals surface area contributed by atoms with Gasteiger partial charge >= 0.3 is 5.97 Å². The summed E-state index contributed by atoms with van der Waals surface area (Å²) in [6.45, 7) is 0. The Morgan fingerprint density at radius 2 is 1.36 bits per heavy atom. The molecule has 0 radical (unpaired) electrons. The molecular weight excluding hydrogens is 506 g/mol. The van der Waals surface area contributed by atoms with Crippen LogP contribution in [0.3, 0.4) is 0 Å². The predicted molar refractivity (Wildman–Crippen MR) is 141 cm³/mol. The van der Waals surface area contributed by atoms with E-state index in [1.165, 1.54) is 11.8 Å². The molecule has 4 unspecified atom stereocenters. The van der Waals surface area contributed by atoms with Gasteiger partial charge in [0.05, 0.1) is 12.5 Å². The second-order valence-corrected chi connectivity index (χ2v) is 10.0. The van der Waals surface area contributed by atoms with E-state index in [0.717, 1.165) is 0 Å². The average Bonchev–Trinajstić information content (AvgIpc) is 2.84. The van der Waals surface area contributed by atoms with Crippen LogP contribution in [0.5, 0.6) is 0 Å². The Morgan fingerprint density at radius 1 is 0.833 bits per heavy atom. The number of nitrogens with one attached hydrogen (secondary N) is 3. The lowest BCUT2D eigenvalue weighted by Crippen LogP contribution is -2.58. The Kier molecular flexibility index (Phi) is 14.6. The Balaban J connectivity index is 3.08. The van der Waals surface area contributed by atoms with Gasteiger partial charge < -0.3 is 32.5 Å². The smallest absolute Gasteiger partial charge is 0.326 e. The number of hydrogen-bond donors (Lipinski definition) is 6. The fourth-order valence-corrected chi connectivity index (χ4v) is 4.13. The van der Waals surface area contributed by atoms with Gasteiger partial charge in [0.25, 0.3) is 0 Å². The molecule has 0 aliphatic carbocycles. The first kappa shape index (κ1) is 31.3. The van der Waals surface area contributed by atoms with E-state index >= 15 is 0 Å². The van der Waals surface area contributed by atoms with Crippen molar-refractivity contribution in [2.24, 2.45) is 11.5 Å². The molecule has 4 amide bonds. The van der Waals surface area contributed by atoms with Crippen LogP contribution < -0.4 is 27.4 Å². The maximum atomic E-state index is 13.2. The summed E-state index contributed by atoms with van der Waals surface area (Å²) in [6, 6.07) is 4.37. The Hall–Kier alpha value is -2.77. The van der Waals surface area contributed by atoms with Crippen LogP contribution in [0.1, 0.15) is 24.8 Å². The number of nitrogens with two attached hydrogens (primary N) is 2. The normalized spacial score (nSPS) is 14.1. The van der Waals surface area contributed by atoms with Crippen molar-refractivity contribution in [3.63, 3.8) is 0 Å². The van der Waals surface area contributed by atoms with Crippen LogP contribution in [0.2, 0.25) is 0 Å². The molecule has 0 spiro atoms. The molecule has 1 rings (SSSR count). The maximum Gasteiger partial charge on any atom is 0.326 e. The van der Waals surface area contributed by atoms with Crippen molar-refractivity contribution in [2.45, 2.75) is 49.9 Å². The third-order valence-corrected chi connectivity index (χ3v) is 6.44. The molecule has 200 valence electrons. The summed E-state index contributed by atoms with van der Waals surface area (Å²) in [5, 5.41) is 16.9. The zero-order chi connectivity index (χ0) is 27.1. The number of benzene rings is 1. The number of aliphatic carboxylic acids is 1. The van der Waals surface area contributed by atoms with Gasteiger partial charge in [0.2, 0.25) is 23.6 Å². The van der Waals surface area contributed by atoms with Crippen molar-refractivity contribution >= 4 is 53.1 Å². The van der Waals surface area contributed by atoms with Crippen molar-refractivity contribution < 1.29 is 29.1 Å². The molecule has 0 saturated carbocycles. The van der Waals surface area contributed by atoms with Crippen molar-refractivity contribution in [1.82, 2.24) is 16.0 Å². The molecule has 11 nitrogen and oxygen atoms in total. The molecule has 0 heterocycles. The first-order valence-electron chi connectivity index (χ1n) is 11.3. The fraction of sp³-hybridized carbons (Fsp3) is 0.522. The van der Waals surface area contributed by atoms with Crippen LogP contribution in [0, 0.1) is 0 Å². The lowest BCUT2D eigenvalue weighted by molar-refractivity contribution is -0.143. The Morgan fingerprint density at radius 3 is 1.92 bits per heavy atom. The summed E-state index contributed by atoms with van der Waals surface area (Å²) in [6.07, 6.45) is 3.95. The topological polar surface area (TPSA) is 194 Å². The van der Waals surface area contributed by atoms with Crippen LogP contribution in [0.25, 0.3) is 0 Å². The molecule has 1 aromatic rings. The van der Waals surface area contributed by atoms with Gasteiger partial charge in [-0.3, -0.25) is 19.2 Å². The molecule has 8 N–H and O–H groups in total. The minimum absolute atomic E-state index is 0.0533. The molecule has 4 atom stereocenters. The van der Waals surface area contributed by atoms with Crippen molar-refractivity contribution in [1.29, 1.82) is 0 Å². The van der Waals surface area contributed by atoms with Gasteiger partial charge in [0.15, 0.2) is 0 Å². The summed E-state index contributed by atoms with van der Waals surface area (Å²) in [5.41, 5.74) is 11.7. The van der Waals surface area contributed by atoms with Crippen molar-refractivity contribution in [3.8, 4) is 0 Å². The summed E-state index contributed by atoms with van der Waals surface area (Å²) in [5.74, 6) is -2.96. The van der Waals surface area contributed by atoms with Gasteiger partial charge in [-0.05, 0) is 42.4 Å². The third-order valence-electron chi connectivity index (χ3n) is 5.15. The molecule has 0 bridgehead atoms. The number of carboxylic acid groups (broad SMARTS) is 1.